The minimum Gasteiger partial charge on any atom is -0.369 e. The molecule has 1 saturated heterocycles. The number of benzene rings is 2. The van der Waals surface area contributed by atoms with E-state index in [1.54, 1.807) is 0 Å². The molecule has 8 heteroatoms. The molecule has 2 aromatic rings. The Balaban J connectivity index is 1.54. The van der Waals surface area contributed by atoms with Crippen LogP contribution < -0.4 is 9.62 Å². The maximum atomic E-state index is 13.8. The monoisotopic (exact) mass is 395 g/mol. The zero-order valence-corrected chi connectivity index (χ0v) is 15.9. The molecule has 1 atom stereocenters. The minimum absolute atomic E-state index is 0.0405. The van der Waals surface area contributed by atoms with E-state index in [1.807, 2.05) is 25.1 Å². The molecule has 27 heavy (non-hydrogen) atoms. The Kier molecular flexibility index (Phi) is 6.08. The first kappa shape index (κ1) is 19.7. The molecular formula is C19H23F2N3O2S. The fraction of sp³-hybridized carbons (Fsp3) is 0.368. The molecule has 5 nitrogen and oxygen atoms in total. The first-order chi connectivity index (χ1) is 12.9. The lowest BCUT2D eigenvalue weighted by atomic mass is 10.2. The molecule has 0 bridgehead atoms. The lowest BCUT2D eigenvalue weighted by molar-refractivity contribution is 0.198. The van der Waals surface area contributed by atoms with Crippen molar-refractivity contribution in [2.45, 2.75) is 17.9 Å². The van der Waals surface area contributed by atoms with Crippen molar-refractivity contribution in [3.63, 3.8) is 0 Å². The predicted octanol–water partition coefficient (Wildman–Crippen LogP) is 2.45. The van der Waals surface area contributed by atoms with Crippen molar-refractivity contribution in [1.29, 1.82) is 0 Å². The van der Waals surface area contributed by atoms with Crippen LogP contribution in [0.25, 0.3) is 0 Å². The molecule has 0 saturated carbocycles. The van der Waals surface area contributed by atoms with Gasteiger partial charge in [0, 0.05) is 50.5 Å². The molecule has 1 N–H and O–H groups in total. The maximum Gasteiger partial charge on any atom is 0.243 e. The van der Waals surface area contributed by atoms with Gasteiger partial charge in [0.05, 0.1) is 0 Å². The second-order valence-corrected chi connectivity index (χ2v) is 8.37. The Hall–Kier alpha value is -2.03. The van der Waals surface area contributed by atoms with Gasteiger partial charge in [-0.25, -0.2) is 21.9 Å². The molecule has 0 aromatic heterocycles. The van der Waals surface area contributed by atoms with Gasteiger partial charge in [-0.15, -0.1) is 0 Å². The quantitative estimate of drug-likeness (QED) is 0.816. The molecular weight excluding hydrogens is 372 g/mol. The fourth-order valence-corrected chi connectivity index (χ4v) is 4.37. The lowest BCUT2D eigenvalue weighted by Gasteiger charge is -2.39. The highest BCUT2D eigenvalue weighted by Crippen LogP contribution is 2.18. The molecule has 1 aliphatic rings. The number of halogens is 2. The highest BCUT2D eigenvalue weighted by atomic mass is 32.2. The van der Waals surface area contributed by atoms with E-state index in [0.717, 1.165) is 38.3 Å². The summed E-state index contributed by atoms with van der Waals surface area (Å²) in [5.74, 6) is -1.90. The van der Waals surface area contributed by atoms with Gasteiger partial charge in [-0.2, -0.15) is 0 Å². The molecule has 1 unspecified atom stereocenters. The van der Waals surface area contributed by atoms with Gasteiger partial charge in [-0.3, -0.25) is 4.90 Å². The Bertz CT molecular complexity index is 870. The zero-order chi connectivity index (χ0) is 19.4. The van der Waals surface area contributed by atoms with E-state index in [9.17, 15) is 17.2 Å². The van der Waals surface area contributed by atoms with Crippen LogP contribution in [0.15, 0.2) is 53.4 Å². The molecule has 1 heterocycles. The van der Waals surface area contributed by atoms with E-state index < -0.39 is 26.6 Å². The SMILES string of the molecule is CC(CNS(=O)(=O)c1ccc(F)cc1F)N1CCN(c2ccccc2)CC1. The van der Waals surface area contributed by atoms with Gasteiger partial charge in [-0.1, -0.05) is 18.2 Å². The third-order valence-corrected chi connectivity index (χ3v) is 6.27. The number of anilines is 1. The summed E-state index contributed by atoms with van der Waals surface area (Å²) in [6, 6.07) is 12.6. The first-order valence-corrected chi connectivity index (χ1v) is 10.3. The van der Waals surface area contributed by atoms with Crippen LogP contribution >= 0.6 is 0 Å². The second-order valence-electron chi connectivity index (χ2n) is 6.63. The van der Waals surface area contributed by atoms with Gasteiger partial charge in [0.2, 0.25) is 10.0 Å². The van der Waals surface area contributed by atoms with Crippen molar-refractivity contribution in [2.24, 2.45) is 0 Å². The number of para-hydroxylation sites is 1. The van der Waals surface area contributed by atoms with Gasteiger partial charge in [0.15, 0.2) is 0 Å². The van der Waals surface area contributed by atoms with Gasteiger partial charge in [0.1, 0.15) is 16.5 Å². The summed E-state index contributed by atoms with van der Waals surface area (Å²) < 4.78 is 53.7. The van der Waals surface area contributed by atoms with Crippen LogP contribution in [-0.4, -0.2) is 52.1 Å². The Morgan fingerprint density at radius 2 is 1.70 bits per heavy atom. The highest BCUT2D eigenvalue weighted by Gasteiger charge is 2.24. The van der Waals surface area contributed by atoms with Gasteiger partial charge >= 0.3 is 0 Å². The summed E-state index contributed by atoms with van der Waals surface area (Å²) in [6.07, 6.45) is 0. The lowest BCUT2D eigenvalue weighted by Crippen LogP contribution is -2.52. The summed E-state index contributed by atoms with van der Waals surface area (Å²) in [4.78, 5) is 3.95. The number of sulfonamides is 1. The van der Waals surface area contributed by atoms with E-state index in [1.165, 1.54) is 5.69 Å². The zero-order valence-electron chi connectivity index (χ0n) is 15.1. The summed E-state index contributed by atoms with van der Waals surface area (Å²) in [5, 5.41) is 0. The number of hydrogen-bond acceptors (Lipinski definition) is 4. The predicted molar refractivity (Wildman–Crippen MR) is 101 cm³/mol. The number of rotatable bonds is 6. The van der Waals surface area contributed by atoms with Gasteiger partial charge in [-0.05, 0) is 31.2 Å². The average Bonchev–Trinajstić information content (AvgIpc) is 2.67. The largest absolute Gasteiger partial charge is 0.369 e. The third kappa shape index (κ3) is 4.82. The summed E-state index contributed by atoms with van der Waals surface area (Å²) >= 11 is 0. The molecule has 2 aromatic carbocycles. The average molecular weight is 395 g/mol. The fourth-order valence-electron chi connectivity index (χ4n) is 3.19. The highest BCUT2D eigenvalue weighted by molar-refractivity contribution is 7.89. The van der Waals surface area contributed by atoms with E-state index in [4.69, 9.17) is 0 Å². The molecule has 1 fully saturated rings. The van der Waals surface area contributed by atoms with Crippen LogP contribution in [0.3, 0.4) is 0 Å². The number of piperazine rings is 1. The summed E-state index contributed by atoms with van der Waals surface area (Å²) in [7, 11) is -4.02. The van der Waals surface area contributed by atoms with Crippen molar-refractivity contribution >= 4 is 15.7 Å². The van der Waals surface area contributed by atoms with Crippen LogP contribution in [0.5, 0.6) is 0 Å². The molecule has 0 amide bonds. The first-order valence-electron chi connectivity index (χ1n) is 8.85. The molecule has 0 aliphatic carbocycles. The minimum atomic E-state index is -4.02. The van der Waals surface area contributed by atoms with Crippen LogP contribution in [0.2, 0.25) is 0 Å². The van der Waals surface area contributed by atoms with E-state index in [-0.39, 0.29) is 12.6 Å². The van der Waals surface area contributed by atoms with Crippen molar-refractivity contribution in [3.05, 3.63) is 60.2 Å². The van der Waals surface area contributed by atoms with Crippen molar-refractivity contribution in [3.8, 4) is 0 Å². The molecule has 0 radical (unpaired) electrons. The normalized spacial score (nSPS) is 17.1. The Morgan fingerprint density at radius 1 is 1.04 bits per heavy atom. The molecule has 3 rings (SSSR count). The van der Waals surface area contributed by atoms with E-state index in [0.29, 0.717) is 6.07 Å². The topological polar surface area (TPSA) is 52.7 Å². The molecule has 1 aliphatic heterocycles. The molecule has 0 spiro atoms. The van der Waals surface area contributed by atoms with Gasteiger partial charge in [0.25, 0.3) is 0 Å². The van der Waals surface area contributed by atoms with Crippen molar-refractivity contribution < 1.29 is 17.2 Å². The van der Waals surface area contributed by atoms with E-state index in [2.05, 4.69) is 26.7 Å². The second kappa shape index (κ2) is 8.33. The Labute approximate surface area is 158 Å². The van der Waals surface area contributed by atoms with Crippen molar-refractivity contribution in [1.82, 2.24) is 9.62 Å². The third-order valence-electron chi connectivity index (χ3n) is 4.81. The van der Waals surface area contributed by atoms with Crippen LogP contribution in [0.4, 0.5) is 14.5 Å². The maximum absolute atomic E-state index is 13.8. The Morgan fingerprint density at radius 3 is 2.33 bits per heavy atom. The smallest absolute Gasteiger partial charge is 0.243 e. The van der Waals surface area contributed by atoms with Crippen LogP contribution in [0.1, 0.15) is 6.92 Å². The summed E-state index contributed by atoms with van der Waals surface area (Å²) in [5.41, 5.74) is 1.18. The summed E-state index contributed by atoms with van der Waals surface area (Å²) in [6.45, 7) is 5.42. The van der Waals surface area contributed by atoms with Gasteiger partial charge < -0.3 is 4.90 Å². The standard InChI is InChI=1S/C19H23F2N3O2S/c1-15(14-22-27(25,26)19-8-7-16(20)13-18(19)21)23-9-11-24(12-10-23)17-5-3-2-4-6-17/h2-8,13,15,22H,9-12,14H2,1H3. The number of nitrogens with zero attached hydrogens (tertiary/aromatic N) is 2. The number of nitrogens with one attached hydrogen (secondary N) is 1. The molecule has 146 valence electrons. The van der Waals surface area contributed by atoms with E-state index >= 15 is 0 Å². The number of hydrogen-bond donors (Lipinski definition) is 1. The van der Waals surface area contributed by atoms with Crippen molar-refractivity contribution in [2.75, 3.05) is 37.6 Å². The van der Waals surface area contributed by atoms with Crippen LogP contribution in [-0.2, 0) is 10.0 Å². The van der Waals surface area contributed by atoms with Crippen LogP contribution in [0, 0.1) is 11.6 Å².